The van der Waals surface area contributed by atoms with E-state index in [1.54, 1.807) is 0 Å². The molecular weight excluding hydrogens is 230 g/mol. The second-order valence-electron chi connectivity index (χ2n) is 6.74. The van der Waals surface area contributed by atoms with Crippen LogP contribution in [0.1, 0.15) is 91.4 Å². The van der Waals surface area contributed by atoms with E-state index in [0.29, 0.717) is 0 Å². The molecule has 1 aliphatic carbocycles. The monoisotopic (exact) mass is 263 g/mol. The first-order chi connectivity index (χ1) is 9.19. The van der Waals surface area contributed by atoms with E-state index in [1.165, 1.54) is 57.8 Å². The number of nitriles is 1. The highest BCUT2D eigenvalue weighted by Gasteiger charge is 2.36. The molecule has 1 rings (SSSR count). The van der Waals surface area contributed by atoms with Gasteiger partial charge in [-0.1, -0.05) is 59.3 Å². The first kappa shape index (κ1) is 16.5. The van der Waals surface area contributed by atoms with Crippen LogP contribution in [0, 0.1) is 28.6 Å². The minimum atomic E-state index is 0.0264. The first-order valence-electron chi connectivity index (χ1n) is 8.61. The molecule has 1 saturated carbocycles. The molecule has 0 spiro atoms. The van der Waals surface area contributed by atoms with Gasteiger partial charge in [0.25, 0.3) is 0 Å². The van der Waals surface area contributed by atoms with E-state index in [-0.39, 0.29) is 5.41 Å². The van der Waals surface area contributed by atoms with Crippen molar-refractivity contribution in [3.63, 3.8) is 0 Å². The molecule has 1 unspecified atom stereocenters. The van der Waals surface area contributed by atoms with Crippen LogP contribution in [0.2, 0.25) is 0 Å². The summed E-state index contributed by atoms with van der Waals surface area (Å²) in [5, 5.41) is 9.68. The van der Waals surface area contributed by atoms with Crippen LogP contribution in [0.5, 0.6) is 0 Å². The number of unbranched alkanes of at least 4 members (excludes halogenated alkanes) is 1. The summed E-state index contributed by atoms with van der Waals surface area (Å²) >= 11 is 0. The molecule has 0 amide bonds. The molecule has 0 heterocycles. The molecule has 1 fully saturated rings. The van der Waals surface area contributed by atoms with E-state index in [9.17, 15) is 5.26 Å². The highest BCUT2D eigenvalue weighted by molar-refractivity contribution is 5.02. The first-order valence-corrected chi connectivity index (χ1v) is 8.61. The molecule has 0 bridgehead atoms. The van der Waals surface area contributed by atoms with Crippen molar-refractivity contribution in [1.82, 2.24) is 0 Å². The van der Waals surface area contributed by atoms with E-state index in [0.717, 1.165) is 24.7 Å². The normalized spacial score (nSPS) is 28.8. The maximum atomic E-state index is 9.68. The summed E-state index contributed by atoms with van der Waals surface area (Å²) < 4.78 is 0. The molecule has 1 heteroatoms. The summed E-state index contributed by atoms with van der Waals surface area (Å²) in [6, 6.07) is 2.72. The van der Waals surface area contributed by atoms with E-state index in [1.807, 2.05) is 0 Å². The number of rotatable bonds is 8. The Kier molecular flexibility index (Phi) is 7.51. The van der Waals surface area contributed by atoms with Crippen molar-refractivity contribution in [3.8, 4) is 6.07 Å². The second kappa shape index (κ2) is 8.62. The van der Waals surface area contributed by atoms with Crippen LogP contribution in [0.15, 0.2) is 0 Å². The van der Waals surface area contributed by atoms with Crippen LogP contribution in [0.4, 0.5) is 0 Å². The average molecular weight is 263 g/mol. The lowest BCUT2D eigenvalue weighted by atomic mass is 9.66. The minimum absolute atomic E-state index is 0.0264. The van der Waals surface area contributed by atoms with Crippen molar-refractivity contribution in [2.45, 2.75) is 91.4 Å². The Morgan fingerprint density at radius 3 is 2.32 bits per heavy atom. The van der Waals surface area contributed by atoms with Gasteiger partial charge >= 0.3 is 0 Å². The highest BCUT2D eigenvalue weighted by atomic mass is 14.4. The molecule has 19 heavy (non-hydrogen) atoms. The van der Waals surface area contributed by atoms with Crippen molar-refractivity contribution in [2.75, 3.05) is 0 Å². The second-order valence-corrected chi connectivity index (χ2v) is 6.74. The predicted molar refractivity (Wildman–Crippen MR) is 82.8 cm³/mol. The summed E-state index contributed by atoms with van der Waals surface area (Å²) in [5.74, 6) is 1.68. The highest BCUT2D eigenvalue weighted by Crippen LogP contribution is 2.45. The van der Waals surface area contributed by atoms with Crippen molar-refractivity contribution in [2.24, 2.45) is 17.3 Å². The molecule has 1 aliphatic rings. The van der Waals surface area contributed by atoms with Crippen LogP contribution >= 0.6 is 0 Å². The molecule has 110 valence electrons. The fourth-order valence-electron chi connectivity index (χ4n) is 3.78. The van der Waals surface area contributed by atoms with Crippen molar-refractivity contribution in [1.29, 1.82) is 5.26 Å². The van der Waals surface area contributed by atoms with Crippen LogP contribution in [0.25, 0.3) is 0 Å². The molecule has 0 aromatic rings. The van der Waals surface area contributed by atoms with Gasteiger partial charge in [-0.15, -0.1) is 0 Å². The van der Waals surface area contributed by atoms with Crippen LogP contribution < -0.4 is 0 Å². The summed E-state index contributed by atoms with van der Waals surface area (Å²) in [6.45, 7) is 6.85. The molecule has 0 aromatic heterocycles. The zero-order chi connectivity index (χ0) is 14.1. The van der Waals surface area contributed by atoms with E-state index >= 15 is 0 Å². The Morgan fingerprint density at radius 1 is 1.16 bits per heavy atom. The molecule has 0 radical (unpaired) electrons. The van der Waals surface area contributed by atoms with Gasteiger partial charge in [0, 0.05) is 0 Å². The smallest absolute Gasteiger partial charge is 0.0689 e. The third-order valence-electron chi connectivity index (χ3n) is 5.22. The summed E-state index contributed by atoms with van der Waals surface area (Å²) in [4.78, 5) is 0. The van der Waals surface area contributed by atoms with Crippen molar-refractivity contribution in [3.05, 3.63) is 0 Å². The molecule has 1 atom stereocenters. The van der Waals surface area contributed by atoms with Crippen LogP contribution in [-0.2, 0) is 0 Å². The van der Waals surface area contributed by atoms with Crippen LogP contribution in [-0.4, -0.2) is 0 Å². The molecule has 1 nitrogen and oxygen atoms in total. The van der Waals surface area contributed by atoms with Gasteiger partial charge in [-0.2, -0.15) is 5.26 Å². The standard InChI is InChI=1S/C18H33N/c1-4-7-9-16(6-3)14-18(15-19)12-10-17(8-5-2)11-13-18/h16-17H,4-14H2,1-3H3. The van der Waals surface area contributed by atoms with Gasteiger partial charge in [-0.3, -0.25) is 0 Å². The Balaban J connectivity index is 2.50. The lowest BCUT2D eigenvalue weighted by Crippen LogP contribution is -2.28. The zero-order valence-electron chi connectivity index (χ0n) is 13.4. The topological polar surface area (TPSA) is 23.8 Å². The van der Waals surface area contributed by atoms with E-state index in [4.69, 9.17) is 0 Å². The van der Waals surface area contributed by atoms with Gasteiger partial charge < -0.3 is 0 Å². The van der Waals surface area contributed by atoms with Gasteiger partial charge in [0.1, 0.15) is 0 Å². The maximum absolute atomic E-state index is 9.68. The maximum Gasteiger partial charge on any atom is 0.0689 e. The fraction of sp³-hybridized carbons (Fsp3) is 0.944. The van der Waals surface area contributed by atoms with Crippen LogP contribution in [0.3, 0.4) is 0 Å². The molecular formula is C18H33N. The van der Waals surface area contributed by atoms with Gasteiger partial charge in [0.2, 0.25) is 0 Å². The summed E-state index contributed by atoms with van der Waals surface area (Å²) in [5.41, 5.74) is 0.0264. The minimum Gasteiger partial charge on any atom is -0.198 e. The van der Waals surface area contributed by atoms with Crippen molar-refractivity contribution < 1.29 is 0 Å². The lowest BCUT2D eigenvalue weighted by Gasteiger charge is -2.37. The predicted octanol–water partition coefficient (Wildman–Crippen LogP) is 6.09. The largest absolute Gasteiger partial charge is 0.198 e. The Bertz CT molecular complexity index is 268. The number of hydrogen-bond acceptors (Lipinski definition) is 1. The summed E-state index contributed by atoms with van der Waals surface area (Å²) in [6.07, 6.45) is 14.0. The van der Waals surface area contributed by atoms with E-state index in [2.05, 4.69) is 26.8 Å². The summed E-state index contributed by atoms with van der Waals surface area (Å²) in [7, 11) is 0. The molecule has 0 aliphatic heterocycles. The Hall–Kier alpha value is -0.510. The lowest BCUT2D eigenvalue weighted by molar-refractivity contribution is 0.159. The Morgan fingerprint density at radius 2 is 1.84 bits per heavy atom. The van der Waals surface area contributed by atoms with E-state index < -0.39 is 0 Å². The van der Waals surface area contributed by atoms with Gasteiger partial charge in [-0.05, 0) is 43.9 Å². The third kappa shape index (κ3) is 5.17. The number of nitrogens with zero attached hydrogens (tertiary/aromatic N) is 1. The SMILES string of the molecule is CCCCC(CC)CC1(C#N)CCC(CCC)CC1. The van der Waals surface area contributed by atoms with Crippen molar-refractivity contribution >= 4 is 0 Å². The molecule has 0 aromatic carbocycles. The third-order valence-corrected chi connectivity index (χ3v) is 5.22. The van der Waals surface area contributed by atoms with Gasteiger partial charge in [0.05, 0.1) is 11.5 Å². The van der Waals surface area contributed by atoms with Gasteiger partial charge in [0.15, 0.2) is 0 Å². The number of hydrogen-bond donors (Lipinski definition) is 0. The van der Waals surface area contributed by atoms with Gasteiger partial charge in [-0.25, -0.2) is 0 Å². The Labute approximate surface area is 120 Å². The molecule has 0 N–H and O–H groups in total. The molecule has 0 saturated heterocycles. The average Bonchev–Trinajstić information content (AvgIpc) is 2.46. The fourth-order valence-corrected chi connectivity index (χ4v) is 3.78. The quantitative estimate of drug-likeness (QED) is 0.519. The zero-order valence-corrected chi connectivity index (χ0v) is 13.4.